The summed E-state index contributed by atoms with van der Waals surface area (Å²) in [4.78, 5) is 12.1. The van der Waals surface area contributed by atoms with Crippen molar-refractivity contribution in [2.75, 3.05) is 13.7 Å². The van der Waals surface area contributed by atoms with Crippen molar-refractivity contribution in [3.8, 4) is 5.75 Å². The van der Waals surface area contributed by atoms with Gasteiger partial charge >= 0.3 is 5.97 Å². The second-order valence-electron chi connectivity index (χ2n) is 11.2. The number of aromatic nitrogens is 3. The molecule has 0 bridgehead atoms. The molecular weight excluding hydrogens is 559 g/mol. The van der Waals surface area contributed by atoms with E-state index in [4.69, 9.17) is 4.74 Å². The molecule has 9 nitrogen and oxygen atoms in total. The molecule has 0 radical (unpaired) electrons. The molecule has 0 saturated heterocycles. The molecule has 2 atom stereocenters. The fourth-order valence-electron chi connectivity index (χ4n) is 6.59. The number of carbonyl (C=O) groups is 1. The molecule has 2 aliphatic rings. The molecule has 0 spiro atoms. The summed E-state index contributed by atoms with van der Waals surface area (Å²) in [5.74, 6) is -1.18. The van der Waals surface area contributed by atoms with Crippen LogP contribution in [0.3, 0.4) is 0 Å². The summed E-state index contributed by atoms with van der Waals surface area (Å²) in [6.07, 6.45) is 2.77. The van der Waals surface area contributed by atoms with Gasteiger partial charge in [-0.05, 0) is 95.3 Å². The highest BCUT2D eigenvalue weighted by Gasteiger charge is 2.41. The Labute approximate surface area is 243 Å². The highest BCUT2D eigenvalue weighted by atomic mass is 32.2. The molecule has 4 aromatic rings. The van der Waals surface area contributed by atoms with Gasteiger partial charge in [-0.2, -0.15) is 4.31 Å². The van der Waals surface area contributed by atoms with Crippen molar-refractivity contribution in [1.82, 2.24) is 19.3 Å². The maximum Gasteiger partial charge on any atom is 0.328 e. The Morgan fingerprint density at radius 1 is 1.19 bits per heavy atom. The Hall–Kier alpha value is -4.09. The van der Waals surface area contributed by atoms with E-state index in [0.29, 0.717) is 64.9 Å². The number of sulfonamides is 1. The SMILES string of the molecule is COc1cc(C(=CC(=O)O)c2ccc(C)c3c2CC[C@H]3N2C[C@@H](C)Cc3ccc(F)cc3S2(=O)=O)cc2nnn(C)c12. The van der Waals surface area contributed by atoms with E-state index in [1.54, 1.807) is 29.9 Å². The molecule has 0 unspecified atom stereocenters. The van der Waals surface area contributed by atoms with Gasteiger partial charge in [-0.25, -0.2) is 22.3 Å². The van der Waals surface area contributed by atoms with Crippen LogP contribution < -0.4 is 4.74 Å². The fourth-order valence-corrected chi connectivity index (χ4v) is 8.58. The van der Waals surface area contributed by atoms with Gasteiger partial charge in [0.25, 0.3) is 0 Å². The molecule has 2 heterocycles. The van der Waals surface area contributed by atoms with Crippen LogP contribution in [0.25, 0.3) is 16.6 Å². The molecule has 11 heteroatoms. The highest BCUT2D eigenvalue weighted by molar-refractivity contribution is 7.89. The zero-order chi connectivity index (χ0) is 29.9. The standard InChI is InChI=1S/C31H31FN4O5S/c1-17-11-19-6-7-21(32)14-28(19)42(39,40)36(16-17)26-10-9-23-22(8-5-18(2)30(23)26)24(15-29(37)38)20-12-25-31(27(13-20)41-4)35(3)34-33-25/h5-8,12-15,17,26H,9-11,16H2,1-4H3,(H,37,38)/t17-,26+/m0/s1. The average molecular weight is 591 g/mol. The van der Waals surface area contributed by atoms with Crippen LogP contribution in [-0.2, 0) is 34.7 Å². The topological polar surface area (TPSA) is 115 Å². The van der Waals surface area contributed by atoms with Gasteiger partial charge in [0.05, 0.1) is 18.0 Å². The van der Waals surface area contributed by atoms with Gasteiger partial charge in [-0.3, -0.25) is 0 Å². The molecule has 3 aromatic carbocycles. The lowest BCUT2D eigenvalue weighted by atomic mass is 9.89. The molecule has 0 fully saturated rings. The lowest BCUT2D eigenvalue weighted by Gasteiger charge is -2.30. The Morgan fingerprint density at radius 3 is 2.71 bits per heavy atom. The van der Waals surface area contributed by atoms with E-state index in [0.717, 1.165) is 22.8 Å². The minimum atomic E-state index is -4.00. The minimum absolute atomic E-state index is 0.0185. The third kappa shape index (κ3) is 4.57. The second kappa shape index (κ2) is 10.3. The first-order valence-corrected chi connectivity index (χ1v) is 15.2. The monoisotopic (exact) mass is 590 g/mol. The molecule has 0 amide bonds. The van der Waals surface area contributed by atoms with Crippen molar-refractivity contribution in [3.05, 3.63) is 87.7 Å². The zero-order valence-electron chi connectivity index (χ0n) is 23.8. The minimum Gasteiger partial charge on any atom is -0.494 e. The molecule has 1 N–H and O–H groups in total. The van der Waals surface area contributed by atoms with Gasteiger partial charge in [0.1, 0.15) is 22.6 Å². The Morgan fingerprint density at radius 2 is 1.98 bits per heavy atom. The molecule has 218 valence electrons. The number of halogens is 1. The lowest BCUT2D eigenvalue weighted by Crippen LogP contribution is -2.36. The van der Waals surface area contributed by atoms with Gasteiger partial charge in [0.2, 0.25) is 10.0 Å². The molecule has 1 aliphatic carbocycles. The molecular formula is C31H31FN4O5S. The summed E-state index contributed by atoms with van der Waals surface area (Å²) < 4.78 is 51.1. The fraction of sp³-hybridized carbons (Fsp3) is 0.323. The third-order valence-electron chi connectivity index (χ3n) is 8.35. The van der Waals surface area contributed by atoms with Gasteiger partial charge in [-0.15, -0.1) is 5.10 Å². The van der Waals surface area contributed by atoms with Crippen molar-refractivity contribution in [1.29, 1.82) is 0 Å². The van der Waals surface area contributed by atoms with E-state index in [-0.39, 0.29) is 10.8 Å². The third-order valence-corrected chi connectivity index (χ3v) is 10.3. The van der Waals surface area contributed by atoms with Crippen LogP contribution in [0, 0.1) is 18.7 Å². The number of benzene rings is 3. The number of rotatable bonds is 5. The first-order chi connectivity index (χ1) is 20.0. The average Bonchev–Trinajstić information content (AvgIpc) is 3.53. The predicted molar refractivity (Wildman–Crippen MR) is 155 cm³/mol. The summed E-state index contributed by atoms with van der Waals surface area (Å²) >= 11 is 0. The zero-order valence-corrected chi connectivity index (χ0v) is 24.6. The number of hydrogen-bond donors (Lipinski definition) is 1. The van der Waals surface area contributed by atoms with E-state index in [2.05, 4.69) is 10.3 Å². The van der Waals surface area contributed by atoms with Crippen LogP contribution in [0.4, 0.5) is 4.39 Å². The number of nitrogens with zero attached hydrogens (tertiary/aromatic N) is 4. The largest absolute Gasteiger partial charge is 0.494 e. The number of carboxylic acids is 1. The van der Waals surface area contributed by atoms with Crippen LogP contribution in [0.2, 0.25) is 0 Å². The first kappa shape index (κ1) is 28.0. The van der Waals surface area contributed by atoms with E-state index >= 15 is 0 Å². The van der Waals surface area contributed by atoms with Gasteiger partial charge in [0.15, 0.2) is 0 Å². The number of aryl methyl sites for hydroxylation is 2. The van der Waals surface area contributed by atoms with Gasteiger partial charge < -0.3 is 9.84 Å². The second-order valence-corrected chi connectivity index (χ2v) is 13.0. The van der Waals surface area contributed by atoms with E-state index in [1.165, 1.54) is 23.6 Å². The van der Waals surface area contributed by atoms with Crippen LogP contribution >= 0.6 is 0 Å². The van der Waals surface area contributed by atoms with Crippen molar-refractivity contribution in [2.24, 2.45) is 13.0 Å². The summed E-state index contributed by atoms with van der Waals surface area (Å²) in [6.45, 7) is 4.24. The van der Waals surface area contributed by atoms with E-state index < -0.39 is 27.9 Å². The summed E-state index contributed by atoms with van der Waals surface area (Å²) in [7, 11) is -0.715. The predicted octanol–water partition coefficient (Wildman–Crippen LogP) is 4.81. The molecule has 6 rings (SSSR count). The van der Waals surface area contributed by atoms with Crippen molar-refractivity contribution >= 4 is 32.6 Å². The van der Waals surface area contributed by atoms with E-state index in [1.807, 2.05) is 26.0 Å². The smallest absolute Gasteiger partial charge is 0.328 e. The normalized spacial score (nSPS) is 20.3. The highest BCUT2D eigenvalue weighted by Crippen LogP contribution is 2.46. The summed E-state index contributed by atoms with van der Waals surface area (Å²) in [6, 6.07) is 10.9. The number of ether oxygens (including phenoxy) is 1. The van der Waals surface area contributed by atoms with Gasteiger partial charge in [-0.1, -0.05) is 30.3 Å². The Balaban J connectivity index is 1.51. The van der Waals surface area contributed by atoms with Crippen molar-refractivity contribution in [3.63, 3.8) is 0 Å². The summed E-state index contributed by atoms with van der Waals surface area (Å²) in [5.41, 5.74) is 6.31. The summed E-state index contributed by atoms with van der Waals surface area (Å²) in [5, 5.41) is 18.2. The molecule has 1 aliphatic heterocycles. The Kier molecular flexibility index (Phi) is 6.89. The van der Waals surface area contributed by atoms with E-state index in [9.17, 15) is 22.7 Å². The van der Waals surface area contributed by atoms with Crippen LogP contribution in [0.15, 0.2) is 53.4 Å². The quantitative estimate of drug-likeness (QED) is 0.332. The van der Waals surface area contributed by atoms with Crippen LogP contribution in [-0.4, -0.2) is 52.4 Å². The van der Waals surface area contributed by atoms with Gasteiger partial charge in [0, 0.05) is 19.7 Å². The van der Waals surface area contributed by atoms with Crippen molar-refractivity contribution < 1.29 is 27.4 Å². The number of hydrogen-bond acceptors (Lipinski definition) is 6. The molecule has 0 saturated carbocycles. The maximum absolute atomic E-state index is 14.3. The Bertz CT molecular complexity index is 1900. The molecule has 1 aromatic heterocycles. The van der Waals surface area contributed by atoms with Crippen LogP contribution in [0.1, 0.15) is 52.8 Å². The lowest BCUT2D eigenvalue weighted by molar-refractivity contribution is -0.131. The van der Waals surface area contributed by atoms with Crippen LogP contribution in [0.5, 0.6) is 5.75 Å². The van der Waals surface area contributed by atoms with Crippen molar-refractivity contribution in [2.45, 2.75) is 44.0 Å². The maximum atomic E-state index is 14.3. The molecule has 42 heavy (non-hydrogen) atoms. The first-order valence-electron chi connectivity index (χ1n) is 13.7. The number of fused-ring (bicyclic) bond motifs is 3. The number of methoxy groups -OCH3 is 1. The number of aliphatic carboxylic acids is 1. The number of carboxylic acid groups (broad SMARTS) is 1.